The lowest BCUT2D eigenvalue weighted by molar-refractivity contribution is -0.148. The number of nitrogens with zero attached hydrogens (tertiary/aromatic N) is 3. The number of hydrogen-bond donors (Lipinski definition) is 2. The van der Waals surface area contributed by atoms with Crippen LogP contribution in [0.25, 0.3) is 11.3 Å². The summed E-state index contributed by atoms with van der Waals surface area (Å²) in [5, 5.41) is 6.60. The Kier molecular flexibility index (Phi) is 10.9. The first-order valence-electron chi connectivity index (χ1n) is 14.0. The minimum absolute atomic E-state index is 0.00572. The van der Waals surface area contributed by atoms with Gasteiger partial charge in [0.2, 0.25) is 0 Å². The first-order chi connectivity index (χ1) is 19.9. The lowest BCUT2D eigenvalue weighted by atomic mass is 9.87. The van der Waals surface area contributed by atoms with Crippen LogP contribution in [0.5, 0.6) is 0 Å². The molecule has 1 amide bonds. The van der Waals surface area contributed by atoms with Crippen molar-refractivity contribution in [2.75, 3.05) is 26.7 Å². The molecule has 1 aromatic carbocycles. The van der Waals surface area contributed by atoms with E-state index in [2.05, 4.69) is 20.4 Å². The summed E-state index contributed by atoms with van der Waals surface area (Å²) in [5.74, 6) is -2.87. The molecule has 220 valence electrons. The molecule has 2 aliphatic rings. The molecule has 3 heterocycles. The third kappa shape index (κ3) is 8.17. The van der Waals surface area contributed by atoms with E-state index in [0.29, 0.717) is 25.6 Å². The summed E-state index contributed by atoms with van der Waals surface area (Å²) >= 11 is 0. The van der Waals surface area contributed by atoms with Crippen LogP contribution in [0.15, 0.2) is 53.2 Å². The maximum absolute atomic E-state index is 14.0. The van der Waals surface area contributed by atoms with E-state index in [1.54, 1.807) is 6.20 Å². The van der Waals surface area contributed by atoms with Gasteiger partial charge in [-0.3, -0.25) is 19.5 Å². The number of esters is 1. The number of carbonyl (C=O) groups excluding carboxylic acids is 2. The Hall–Kier alpha value is -3.70. The number of amides is 1. The number of nitrogens with one attached hydrogen (secondary N) is 1. The molecule has 0 spiro atoms. The fourth-order valence-corrected chi connectivity index (χ4v) is 5.45. The fourth-order valence-electron chi connectivity index (χ4n) is 5.45. The van der Waals surface area contributed by atoms with Crippen LogP contribution < -0.4 is 11.1 Å². The molecule has 41 heavy (non-hydrogen) atoms. The maximum atomic E-state index is 14.0. The highest BCUT2D eigenvalue weighted by molar-refractivity contribution is 5.93. The van der Waals surface area contributed by atoms with Crippen LogP contribution in [0.1, 0.15) is 54.7 Å². The van der Waals surface area contributed by atoms with Crippen molar-refractivity contribution in [3.05, 3.63) is 71.7 Å². The van der Waals surface area contributed by atoms with Crippen molar-refractivity contribution in [2.24, 2.45) is 11.7 Å². The summed E-state index contributed by atoms with van der Waals surface area (Å²) in [7, 11) is 1.35. The second-order valence-corrected chi connectivity index (χ2v) is 10.3. The zero-order valence-electron chi connectivity index (χ0n) is 23.2. The molecular weight excluding hydrogens is 532 g/mol. The zero-order chi connectivity index (χ0) is 29.2. The molecule has 1 aliphatic heterocycles. The molecule has 11 heteroatoms. The number of halogens is 2. The number of hydrogen-bond acceptors (Lipinski definition) is 8. The third-order valence-electron chi connectivity index (χ3n) is 7.62. The molecule has 1 saturated carbocycles. The molecular formula is C30H37F2N5O4. The molecule has 3 aromatic rings. The fraction of sp³-hybridized carbons (Fsp3) is 0.467. The number of nitrogens with two attached hydrogens (primary N) is 1. The number of aromatic nitrogens is 2. The van der Waals surface area contributed by atoms with Crippen LogP contribution >= 0.6 is 0 Å². The van der Waals surface area contributed by atoms with Crippen LogP contribution in [0.3, 0.4) is 0 Å². The van der Waals surface area contributed by atoms with Gasteiger partial charge in [-0.25, -0.2) is 8.78 Å². The molecule has 1 aliphatic carbocycles. The molecule has 0 bridgehead atoms. The van der Waals surface area contributed by atoms with Gasteiger partial charge in [-0.2, -0.15) is 0 Å². The molecule has 2 aromatic heterocycles. The smallest absolute Gasteiger partial charge is 0.312 e. The summed E-state index contributed by atoms with van der Waals surface area (Å²) < 4.78 is 37.3. The van der Waals surface area contributed by atoms with Gasteiger partial charge in [0.05, 0.1) is 18.6 Å². The molecule has 5 rings (SSSR count). The summed E-state index contributed by atoms with van der Waals surface area (Å²) in [4.78, 5) is 31.7. The van der Waals surface area contributed by atoms with Crippen molar-refractivity contribution in [3.63, 3.8) is 0 Å². The highest BCUT2D eigenvalue weighted by Crippen LogP contribution is 2.29. The number of methoxy groups -OCH3 is 1. The van der Waals surface area contributed by atoms with E-state index in [9.17, 15) is 18.4 Å². The molecule has 9 nitrogen and oxygen atoms in total. The van der Waals surface area contributed by atoms with Crippen LogP contribution in [-0.4, -0.2) is 65.7 Å². The number of likely N-dealkylation sites (tertiary alicyclic amines) is 1. The average Bonchev–Trinajstić information content (AvgIpc) is 3.49. The molecule has 2 atom stereocenters. The van der Waals surface area contributed by atoms with E-state index >= 15 is 0 Å². The predicted molar refractivity (Wildman–Crippen MR) is 149 cm³/mol. The van der Waals surface area contributed by atoms with Crippen LogP contribution in [0, 0.1) is 17.6 Å². The number of carbonyl (C=O) groups is 2. The van der Waals surface area contributed by atoms with Crippen molar-refractivity contribution in [2.45, 2.75) is 57.0 Å². The van der Waals surface area contributed by atoms with Gasteiger partial charge in [0.25, 0.3) is 5.91 Å². The average molecular weight is 570 g/mol. The van der Waals surface area contributed by atoms with Crippen molar-refractivity contribution in [1.82, 2.24) is 20.4 Å². The monoisotopic (exact) mass is 569 g/mol. The Balaban J connectivity index is 0.000000367. The third-order valence-corrected chi connectivity index (χ3v) is 7.62. The standard InChI is InChI=1S/C23H27F2N3O4.C7H10N2/c1-31-23(30)17-13-28(15-5-3-2-4-6-15)10-9-19(17)26-22(29)20-12-21(32-27-20)16-8-7-14(24)11-18(16)25;8-5-4-7-3-1-2-6-9-7/h7-8,11-12,15,17,19H,2-6,9-10,13H2,1H3,(H,26,29);1-3,6H,4-5,8H2/t17-,19-;/m0./s1. The van der Waals surface area contributed by atoms with Crippen LogP contribution in [-0.2, 0) is 16.0 Å². The number of pyridine rings is 1. The normalized spacial score (nSPS) is 19.6. The zero-order valence-corrected chi connectivity index (χ0v) is 23.2. The second kappa shape index (κ2) is 14.8. The highest BCUT2D eigenvalue weighted by Gasteiger charge is 2.38. The van der Waals surface area contributed by atoms with Gasteiger partial charge in [0.1, 0.15) is 11.6 Å². The number of ether oxygens (including phenoxy) is 1. The summed E-state index contributed by atoms with van der Waals surface area (Å²) in [6.45, 7) is 2.00. The Morgan fingerprint density at radius 1 is 1.12 bits per heavy atom. The predicted octanol–water partition coefficient (Wildman–Crippen LogP) is 4.13. The lowest BCUT2D eigenvalue weighted by Gasteiger charge is -2.42. The van der Waals surface area contributed by atoms with Crippen molar-refractivity contribution in [1.29, 1.82) is 0 Å². The maximum Gasteiger partial charge on any atom is 0.312 e. The largest absolute Gasteiger partial charge is 0.469 e. The highest BCUT2D eigenvalue weighted by atomic mass is 19.1. The summed E-state index contributed by atoms with van der Waals surface area (Å²) in [6.07, 6.45) is 9.19. The number of rotatable bonds is 7. The first kappa shape index (κ1) is 30.3. The SMILES string of the molecule is COC(=O)[C@H]1CN(C2CCCCC2)CC[C@@H]1NC(=O)c1cc(-c2ccc(F)cc2F)on1.NCCc1ccccn1. The van der Waals surface area contributed by atoms with Gasteiger partial charge in [-0.05, 0) is 50.1 Å². The van der Waals surface area contributed by atoms with Gasteiger partial charge in [0, 0.05) is 55.6 Å². The Bertz CT molecular complexity index is 1280. The van der Waals surface area contributed by atoms with E-state index in [4.69, 9.17) is 15.0 Å². The van der Waals surface area contributed by atoms with Crippen molar-refractivity contribution in [3.8, 4) is 11.3 Å². The number of benzene rings is 1. The molecule has 0 radical (unpaired) electrons. The van der Waals surface area contributed by atoms with E-state index in [1.807, 2.05) is 18.2 Å². The Morgan fingerprint density at radius 3 is 2.61 bits per heavy atom. The van der Waals surface area contributed by atoms with Crippen molar-refractivity contribution >= 4 is 11.9 Å². The van der Waals surface area contributed by atoms with E-state index in [1.165, 1.54) is 38.5 Å². The van der Waals surface area contributed by atoms with Crippen LogP contribution in [0.2, 0.25) is 0 Å². The Morgan fingerprint density at radius 2 is 1.93 bits per heavy atom. The quantitative estimate of drug-likeness (QED) is 0.407. The molecule has 3 N–H and O–H groups in total. The van der Waals surface area contributed by atoms with Crippen LogP contribution in [0.4, 0.5) is 8.78 Å². The van der Waals surface area contributed by atoms with E-state index in [0.717, 1.165) is 43.6 Å². The van der Waals surface area contributed by atoms with E-state index in [-0.39, 0.29) is 23.0 Å². The summed E-state index contributed by atoms with van der Waals surface area (Å²) in [6, 6.07) is 10.3. The molecule has 2 fully saturated rings. The summed E-state index contributed by atoms with van der Waals surface area (Å²) in [5.41, 5.74) is 6.36. The molecule has 0 unspecified atom stereocenters. The van der Waals surface area contributed by atoms with Gasteiger partial charge < -0.3 is 20.3 Å². The second-order valence-electron chi connectivity index (χ2n) is 10.3. The topological polar surface area (TPSA) is 124 Å². The van der Waals surface area contributed by atoms with E-state index < -0.39 is 29.5 Å². The minimum Gasteiger partial charge on any atom is -0.469 e. The minimum atomic E-state index is -0.811. The van der Waals surface area contributed by atoms with Gasteiger partial charge in [-0.1, -0.05) is 30.5 Å². The Labute approximate surface area is 238 Å². The van der Waals surface area contributed by atoms with Gasteiger partial charge >= 0.3 is 5.97 Å². The van der Waals surface area contributed by atoms with Gasteiger partial charge in [0.15, 0.2) is 11.5 Å². The molecule has 1 saturated heterocycles. The first-order valence-corrected chi connectivity index (χ1v) is 14.0. The number of piperidine rings is 1. The van der Waals surface area contributed by atoms with Crippen molar-refractivity contribution < 1.29 is 27.6 Å². The lowest BCUT2D eigenvalue weighted by Crippen LogP contribution is -2.56. The van der Waals surface area contributed by atoms with Gasteiger partial charge in [-0.15, -0.1) is 0 Å².